The molecule has 14 nitrogen and oxygen atoms in total. The van der Waals surface area contributed by atoms with Crippen LogP contribution in [0.5, 0.6) is 57.5 Å². The molecule has 22 heteroatoms. The first-order valence-electron chi connectivity index (χ1n) is 24.4. The summed E-state index contributed by atoms with van der Waals surface area (Å²) in [5.74, 6) is 0.678. The van der Waals surface area contributed by atoms with E-state index >= 15 is 0 Å². The molecule has 0 saturated carbocycles. The van der Waals surface area contributed by atoms with Crippen LogP contribution in [0.2, 0.25) is 0 Å². The Kier molecular flexibility index (Phi) is 18.9. The number of halogens is 6. The van der Waals surface area contributed by atoms with Crippen LogP contribution in [0.15, 0.2) is 60.7 Å². The van der Waals surface area contributed by atoms with Gasteiger partial charge in [0.1, 0.15) is 57.5 Å². The lowest BCUT2D eigenvalue weighted by Crippen LogP contribution is -2.29. The maximum absolute atomic E-state index is 14.2. The summed E-state index contributed by atoms with van der Waals surface area (Å²) >= 11 is 0. The van der Waals surface area contributed by atoms with Gasteiger partial charge >= 0.3 is 31.3 Å². The zero-order chi connectivity index (χ0) is 54.9. The summed E-state index contributed by atoms with van der Waals surface area (Å²) in [6.45, 7) is 15.4. The van der Waals surface area contributed by atoms with E-state index < -0.39 is 66.7 Å². The molecule has 5 aromatic carbocycles. The Morgan fingerprint density at radius 1 is 0.293 bits per heavy atom. The number of rotatable bonds is 20. The van der Waals surface area contributed by atoms with Crippen LogP contribution in [0.3, 0.4) is 0 Å². The molecule has 0 aromatic heterocycles. The maximum atomic E-state index is 14.2. The van der Waals surface area contributed by atoms with Gasteiger partial charge in [-0.05, 0) is 116 Å². The fraction of sp³-hybridized carbons (Fsp3) is 0.434. The lowest BCUT2D eigenvalue weighted by molar-refractivity contribution is -0.0506. The van der Waals surface area contributed by atoms with Gasteiger partial charge in [-0.25, -0.2) is 0 Å². The van der Waals surface area contributed by atoms with E-state index in [-0.39, 0.29) is 86.6 Å². The average molecular weight is 1100 g/mol. The van der Waals surface area contributed by atoms with Crippen LogP contribution in [0.25, 0.3) is 0 Å². The first-order valence-corrected chi connectivity index (χ1v) is 27.2. The van der Waals surface area contributed by atoms with Gasteiger partial charge in [-0.1, -0.05) is 0 Å². The van der Waals surface area contributed by atoms with Crippen molar-refractivity contribution < 1.29 is 89.4 Å². The SMILES string of the molecule is CCOc1cc2c(OCC)cc1Cc1cc(OCC)c(cc1OCC)Cc1cc(OCC)c(cc1OCC)Cc1cc(OS(=O)(=O)C(F)(F)F)c(cc1OS(=O)(=O)C(F)(F)F)Cc1cc(OCC)c(cc1OCC)C2. The molecule has 0 atom stereocenters. The van der Waals surface area contributed by atoms with E-state index in [1.165, 1.54) is 12.1 Å². The molecule has 10 bridgehead atoms. The first-order chi connectivity index (χ1) is 35.5. The first kappa shape index (κ1) is 57.9. The molecule has 0 heterocycles. The highest BCUT2D eigenvalue weighted by atomic mass is 32.2. The van der Waals surface area contributed by atoms with E-state index in [1.807, 2.05) is 52.0 Å². The maximum Gasteiger partial charge on any atom is 0.534 e. The van der Waals surface area contributed by atoms with E-state index in [0.29, 0.717) is 77.0 Å². The van der Waals surface area contributed by atoms with E-state index in [4.69, 9.17) is 46.3 Å². The van der Waals surface area contributed by atoms with Gasteiger partial charge in [-0.2, -0.15) is 43.2 Å². The Balaban J connectivity index is 1.77. The monoisotopic (exact) mass is 1100 g/mol. The van der Waals surface area contributed by atoms with Gasteiger partial charge in [0.15, 0.2) is 0 Å². The minimum atomic E-state index is -6.48. The van der Waals surface area contributed by atoms with Crippen molar-refractivity contribution in [3.63, 3.8) is 0 Å². The van der Waals surface area contributed by atoms with Crippen molar-refractivity contribution in [3.8, 4) is 57.5 Å². The molecule has 0 saturated heterocycles. The lowest BCUT2D eigenvalue weighted by Gasteiger charge is -2.22. The molecule has 15 rings (SSSR count). The van der Waals surface area contributed by atoms with Crippen LogP contribution in [0.4, 0.5) is 26.3 Å². The largest absolute Gasteiger partial charge is 0.534 e. The molecule has 0 amide bonds. The van der Waals surface area contributed by atoms with Crippen LogP contribution >= 0.6 is 0 Å². The Bertz CT molecular complexity index is 2850. The van der Waals surface area contributed by atoms with E-state index in [0.717, 1.165) is 11.1 Å². The van der Waals surface area contributed by atoms with Gasteiger partial charge < -0.3 is 46.3 Å². The number of hydrogen-bond acceptors (Lipinski definition) is 14. The summed E-state index contributed by atoms with van der Waals surface area (Å²) in [5, 5.41) is 0. The van der Waals surface area contributed by atoms with Gasteiger partial charge in [0.05, 0.1) is 52.9 Å². The molecule has 0 unspecified atom stereocenters. The number of benzene rings is 5. The zero-order valence-corrected chi connectivity index (χ0v) is 44.4. The predicted molar refractivity (Wildman–Crippen MR) is 267 cm³/mol. The summed E-state index contributed by atoms with van der Waals surface area (Å²) in [7, 11) is -13.0. The van der Waals surface area contributed by atoms with Crippen LogP contribution < -0.4 is 46.3 Å². The van der Waals surface area contributed by atoms with Crippen LogP contribution in [-0.2, 0) is 52.3 Å². The molecule has 0 radical (unpaired) electrons. The average Bonchev–Trinajstić information content (AvgIpc) is 3.32. The summed E-state index contributed by atoms with van der Waals surface area (Å²) in [5.41, 5.74) is -8.96. The van der Waals surface area contributed by atoms with Crippen LogP contribution in [0, 0.1) is 0 Å². The van der Waals surface area contributed by atoms with Crippen LogP contribution in [0.1, 0.15) is 111 Å². The third kappa shape index (κ3) is 13.7. The van der Waals surface area contributed by atoms with Crippen molar-refractivity contribution in [2.45, 2.75) is 98.5 Å². The van der Waals surface area contributed by atoms with Crippen molar-refractivity contribution in [1.29, 1.82) is 0 Å². The summed E-state index contributed by atoms with van der Waals surface area (Å²) < 4.78 is 196. The second kappa shape index (κ2) is 24.5. The fourth-order valence-corrected chi connectivity index (χ4v) is 9.41. The minimum Gasteiger partial charge on any atom is -0.494 e. The molecule has 410 valence electrons. The molecule has 0 spiro atoms. The number of alkyl halides is 6. The normalized spacial score (nSPS) is 13.0. The molecular weight excluding hydrogens is 1040 g/mol. The third-order valence-corrected chi connectivity index (χ3v) is 13.4. The smallest absolute Gasteiger partial charge is 0.494 e. The molecule has 0 N–H and O–H groups in total. The van der Waals surface area contributed by atoms with E-state index in [1.54, 1.807) is 39.8 Å². The van der Waals surface area contributed by atoms with Crippen molar-refractivity contribution in [1.82, 2.24) is 0 Å². The predicted octanol–water partition coefficient (Wildman–Crippen LogP) is 11.6. The zero-order valence-electron chi connectivity index (χ0n) is 42.8. The van der Waals surface area contributed by atoms with Gasteiger partial charge in [-0.3, -0.25) is 0 Å². The highest BCUT2D eigenvalue weighted by molar-refractivity contribution is 7.88. The standard InChI is InChI=1S/C53H60F6O14S2/c1-9-64-42-24-34-18-36-26-48(70-15-7)38(28-46(36)68-13-5)20-40-30-51(73-75(62,63)53(57,58)59)41(31-50(40)72-74(60,61)52(54,55)56)21-39-29-47(69-14-6)37(27-49(39)71-16-8)19-35-25-43(65-10-2)33(23-45(35)67-12-4)17-32(42)22-44(34)66-11-3/h22-31H,9-21H2,1-8H3. The number of ether oxygens (including phenoxy) is 8. The lowest BCUT2D eigenvalue weighted by atomic mass is 9.94. The van der Waals surface area contributed by atoms with Gasteiger partial charge in [0.25, 0.3) is 0 Å². The Morgan fingerprint density at radius 2 is 0.427 bits per heavy atom. The van der Waals surface area contributed by atoms with E-state index in [9.17, 15) is 43.2 Å². The van der Waals surface area contributed by atoms with Crippen molar-refractivity contribution in [3.05, 3.63) is 116 Å². The highest BCUT2D eigenvalue weighted by Crippen LogP contribution is 2.44. The summed E-state index contributed by atoms with van der Waals surface area (Å²) in [6, 6.07) is 15.0. The Hall–Kier alpha value is -6.42. The second-order valence-corrected chi connectivity index (χ2v) is 19.7. The second-order valence-electron chi connectivity index (χ2n) is 16.7. The minimum absolute atomic E-state index is 0.0249. The molecule has 5 aromatic rings. The van der Waals surface area contributed by atoms with E-state index in [2.05, 4.69) is 0 Å². The molecule has 75 heavy (non-hydrogen) atoms. The van der Waals surface area contributed by atoms with Crippen molar-refractivity contribution >= 4 is 20.2 Å². The Labute approximate surface area is 433 Å². The summed E-state index contributed by atoms with van der Waals surface area (Å²) in [4.78, 5) is 0. The fourth-order valence-electron chi connectivity index (χ4n) is 8.43. The molecule has 0 fully saturated rings. The molecular formula is C53H60F6O14S2. The van der Waals surface area contributed by atoms with Crippen molar-refractivity contribution in [2.75, 3.05) is 52.9 Å². The van der Waals surface area contributed by atoms with Crippen LogP contribution in [-0.4, -0.2) is 80.7 Å². The summed E-state index contributed by atoms with van der Waals surface area (Å²) in [6.07, 6.45) is -0.680. The third-order valence-electron chi connectivity index (χ3n) is 11.5. The van der Waals surface area contributed by atoms with Crippen molar-refractivity contribution in [2.24, 2.45) is 0 Å². The van der Waals surface area contributed by atoms with Gasteiger partial charge in [0.2, 0.25) is 0 Å². The molecule has 10 aliphatic rings. The van der Waals surface area contributed by atoms with Gasteiger partial charge in [0, 0.05) is 87.7 Å². The number of hydrogen-bond donors (Lipinski definition) is 0. The quantitative estimate of drug-likeness (QED) is 0.0403. The Morgan fingerprint density at radius 3 is 0.560 bits per heavy atom. The molecule has 0 aliphatic heterocycles. The molecule has 10 aliphatic carbocycles. The van der Waals surface area contributed by atoms with Gasteiger partial charge in [-0.15, -0.1) is 0 Å². The topological polar surface area (TPSA) is 161 Å². The highest BCUT2D eigenvalue weighted by Gasteiger charge is 2.50.